The van der Waals surface area contributed by atoms with Crippen LogP contribution in [0.25, 0.3) is 0 Å². The smallest absolute Gasteiger partial charge is 0.0682 e. The third kappa shape index (κ3) is 8.64. The van der Waals surface area contributed by atoms with Crippen LogP contribution >= 0.6 is 0 Å². The highest BCUT2D eigenvalue weighted by Crippen LogP contribution is 2.11. The Morgan fingerprint density at radius 1 is 1.22 bits per heavy atom. The summed E-state index contributed by atoms with van der Waals surface area (Å²) in [6.07, 6.45) is 8.62. The van der Waals surface area contributed by atoms with E-state index in [1.54, 1.807) is 6.08 Å². The van der Waals surface area contributed by atoms with Crippen molar-refractivity contribution < 1.29 is 5.11 Å². The zero-order valence-corrected chi connectivity index (χ0v) is 14.4. The summed E-state index contributed by atoms with van der Waals surface area (Å²) in [5, 5.41) is 12.4. The maximum absolute atomic E-state index is 9.10. The minimum Gasteiger partial charge on any atom is -0.392 e. The first kappa shape index (κ1) is 20.7. The van der Waals surface area contributed by atoms with Gasteiger partial charge in [-0.25, -0.2) is 0 Å². The molecule has 23 heavy (non-hydrogen) atoms. The van der Waals surface area contributed by atoms with Crippen LogP contribution in [0.15, 0.2) is 80.1 Å². The van der Waals surface area contributed by atoms with Gasteiger partial charge in [0.25, 0.3) is 0 Å². The van der Waals surface area contributed by atoms with Gasteiger partial charge in [0.05, 0.1) is 6.61 Å². The van der Waals surface area contributed by atoms with Crippen LogP contribution in [0.5, 0.6) is 0 Å². The predicted octanol–water partition coefficient (Wildman–Crippen LogP) is 4.62. The fraction of sp³-hybridized carbons (Fsp3) is 0.238. The van der Waals surface area contributed by atoms with E-state index < -0.39 is 0 Å². The van der Waals surface area contributed by atoms with E-state index in [2.05, 4.69) is 68.9 Å². The second-order valence-electron chi connectivity index (χ2n) is 5.06. The molecule has 0 fully saturated rings. The number of rotatable bonds is 8. The number of aliphatic hydroxyl groups excluding tert-OH is 1. The van der Waals surface area contributed by atoms with E-state index in [0.717, 1.165) is 24.2 Å². The van der Waals surface area contributed by atoms with Crippen LogP contribution in [-0.4, -0.2) is 11.7 Å². The quantitative estimate of drug-likeness (QED) is 0.542. The lowest BCUT2D eigenvalue weighted by Crippen LogP contribution is -2.11. The van der Waals surface area contributed by atoms with E-state index in [0.29, 0.717) is 0 Å². The Labute approximate surface area is 141 Å². The molecule has 0 aliphatic carbocycles. The molecule has 0 aliphatic heterocycles. The average Bonchev–Trinajstić information content (AvgIpc) is 2.57. The molecule has 0 spiro atoms. The van der Waals surface area contributed by atoms with E-state index in [1.807, 2.05) is 13.0 Å². The molecule has 0 unspecified atom stereocenters. The van der Waals surface area contributed by atoms with Gasteiger partial charge in [0.1, 0.15) is 0 Å². The van der Waals surface area contributed by atoms with E-state index in [1.165, 1.54) is 16.7 Å². The molecule has 2 heteroatoms. The maximum Gasteiger partial charge on any atom is 0.0682 e. The summed E-state index contributed by atoms with van der Waals surface area (Å²) in [5.74, 6) is 0. The van der Waals surface area contributed by atoms with Gasteiger partial charge in [0.2, 0.25) is 0 Å². The fourth-order valence-corrected chi connectivity index (χ4v) is 2.08. The zero-order valence-electron chi connectivity index (χ0n) is 14.4. The van der Waals surface area contributed by atoms with Crippen LogP contribution in [-0.2, 0) is 13.0 Å². The molecule has 2 nitrogen and oxygen atoms in total. The van der Waals surface area contributed by atoms with Gasteiger partial charge < -0.3 is 10.4 Å². The van der Waals surface area contributed by atoms with Crippen molar-refractivity contribution in [2.45, 2.75) is 26.8 Å². The van der Waals surface area contributed by atoms with Gasteiger partial charge in [-0.15, -0.1) is 13.2 Å². The molecule has 0 heterocycles. The van der Waals surface area contributed by atoms with Crippen molar-refractivity contribution in [2.75, 3.05) is 6.61 Å². The summed E-state index contributed by atoms with van der Waals surface area (Å²) >= 11 is 0. The molecular weight excluding hydrogens is 282 g/mol. The highest BCUT2D eigenvalue weighted by molar-refractivity contribution is 5.32. The number of aliphatic hydroxyl groups is 1. The first-order chi connectivity index (χ1) is 11.1. The Kier molecular flexibility index (Phi) is 11.0. The molecular formula is C21H29NO. The second kappa shape index (κ2) is 12.2. The van der Waals surface area contributed by atoms with Crippen molar-refractivity contribution in [3.8, 4) is 0 Å². The van der Waals surface area contributed by atoms with Gasteiger partial charge in [0.15, 0.2) is 0 Å². The van der Waals surface area contributed by atoms with E-state index in [-0.39, 0.29) is 6.61 Å². The first-order valence-electron chi connectivity index (χ1n) is 7.66. The Morgan fingerprint density at radius 2 is 1.87 bits per heavy atom. The lowest BCUT2D eigenvalue weighted by atomic mass is 10.0. The number of hydrogen-bond acceptors (Lipinski definition) is 2. The van der Waals surface area contributed by atoms with Gasteiger partial charge in [-0.05, 0) is 43.0 Å². The zero-order chi connectivity index (χ0) is 17.7. The van der Waals surface area contributed by atoms with Crippen LogP contribution in [0.1, 0.15) is 23.6 Å². The normalized spacial score (nSPS) is 10.8. The highest BCUT2D eigenvalue weighted by atomic mass is 16.3. The van der Waals surface area contributed by atoms with Crippen molar-refractivity contribution in [1.82, 2.24) is 5.32 Å². The summed E-state index contributed by atoms with van der Waals surface area (Å²) in [5.41, 5.74) is 5.33. The minimum atomic E-state index is -0.0256. The molecule has 0 bridgehead atoms. The summed E-state index contributed by atoms with van der Waals surface area (Å²) in [4.78, 5) is 0. The third-order valence-corrected chi connectivity index (χ3v) is 3.11. The van der Waals surface area contributed by atoms with E-state index in [4.69, 9.17) is 5.11 Å². The average molecular weight is 311 g/mol. The van der Waals surface area contributed by atoms with Crippen LogP contribution in [0.2, 0.25) is 0 Å². The third-order valence-electron chi connectivity index (χ3n) is 3.11. The standard InChI is InChI=1S/C19H25NO.C2H4/c1-5-7-8-18-9-15(3)10-19(12-18)13-20-16(4)11-17(6-2)14-21;1-2/h5-7,9-12,20-21H,2,4,8,13-14H2,1,3H3;1-2H2/b7-5?,17-11+;. The minimum absolute atomic E-state index is 0.0256. The molecule has 1 aromatic carbocycles. The van der Waals surface area contributed by atoms with Crippen molar-refractivity contribution >= 4 is 0 Å². The number of nitrogens with one attached hydrogen (secondary N) is 1. The molecule has 0 saturated heterocycles. The summed E-state index contributed by atoms with van der Waals surface area (Å²) in [7, 11) is 0. The van der Waals surface area contributed by atoms with Crippen molar-refractivity contribution in [1.29, 1.82) is 0 Å². The van der Waals surface area contributed by atoms with Gasteiger partial charge >= 0.3 is 0 Å². The van der Waals surface area contributed by atoms with E-state index in [9.17, 15) is 0 Å². The van der Waals surface area contributed by atoms with Crippen LogP contribution in [0, 0.1) is 6.92 Å². The molecule has 1 rings (SSSR count). The summed E-state index contributed by atoms with van der Waals surface area (Å²) in [6.45, 7) is 18.4. The lowest BCUT2D eigenvalue weighted by Gasteiger charge is -2.10. The van der Waals surface area contributed by atoms with Crippen molar-refractivity contribution in [3.05, 3.63) is 96.8 Å². The number of hydrogen-bond donors (Lipinski definition) is 2. The molecule has 0 amide bonds. The Bertz CT molecular complexity index is 567. The van der Waals surface area contributed by atoms with Crippen molar-refractivity contribution in [3.63, 3.8) is 0 Å². The molecule has 0 aliphatic rings. The van der Waals surface area contributed by atoms with E-state index >= 15 is 0 Å². The van der Waals surface area contributed by atoms with Gasteiger partial charge in [-0.2, -0.15) is 0 Å². The van der Waals surface area contributed by atoms with Gasteiger partial charge in [-0.3, -0.25) is 0 Å². The largest absolute Gasteiger partial charge is 0.392 e. The lowest BCUT2D eigenvalue weighted by molar-refractivity contribution is 0.335. The topological polar surface area (TPSA) is 32.3 Å². The van der Waals surface area contributed by atoms with Crippen LogP contribution in [0.4, 0.5) is 0 Å². The molecule has 1 aromatic rings. The highest BCUT2D eigenvalue weighted by Gasteiger charge is 1.99. The molecule has 0 aromatic heterocycles. The van der Waals surface area contributed by atoms with Crippen LogP contribution < -0.4 is 5.32 Å². The molecule has 124 valence electrons. The van der Waals surface area contributed by atoms with Gasteiger partial charge in [0, 0.05) is 12.2 Å². The first-order valence-corrected chi connectivity index (χ1v) is 7.66. The van der Waals surface area contributed by atoms with Crippen LogP contribution in [0.3, 0.4) is 0 Å². The Morgan fingerprint density at radius 3 is 2.43 bits per heavy atom. The second-order valence-corrected chi connectivity index (χ2v) is 5.06. The fourth-order valence-electron chi connectivity index (χ4n) is 2.08. The van der Waals surface area contributed by atoms with Gasteiger partial charge in [-0.1, -0.05) is 55.1 Å². The molecule has 0 radical (unpaired) electrons. The monoisotopic (exact) mass is 311 g/mol. The predicted molar refractivity (Wildman–Crippen MR) is 102 cm³/mol. The summed E-state index contributed by atoms with van der Waals surface area (Å²) < 4.78 is 0. The maximum atomic E-state index is 9.10. The molecule has 2 N–H and O–H groups in total. The SMILES string of the molecule is C=C.C=C/C(=C\C(=C)NCc1cc(C)cc(CC=CC)c1)CO. The molecule has 0 atom stereocenters. The van der Waals surface area contributed by atoms with Crippen molar-refractivity contribution in [2.24, 2.45) is 0 Å². The Hall–Kier alpha value is -2.32. The number of benzene rings is 1. The Balaban J connectivity index is 0.00000232. The summed E-state index contributed by atoms with van der Waals surface area (Å²) in [6, 6.07) is 6.58. The molecule has 0 saturated carbocycles. The number of allylic oxidation sites excluding steroid dienone is 3. The number of aryl methyl sites for hydroxylation is 1.